The summed E-state index contributed by atoms with van der Waals surface area (Å²) in [5.41, 5.74) is 4.10. The van der Waals surface area contributed by atoms with Crippen LogP contribution in [0.4, 0.5) is 19.0 Å². The second-order valence-corrected chi connectivity index (χ2v) is 4.40. The topological polar surface area (TPSA) is 38.9 Å². The van der Waals surface area contributed by atoms with Crippen molar-refractivity contribution in [2.45, 2.75) is 32.4 Å². The first-order valence-electron chi connectivity index (χ1n) is 4.45. The monoisotopic (exact) mass is 218 g/mol. The highest BCUT2D eigenvalue weighted by molar-refractivity contribution is 5.41. The van der Waals surface area contributed by atoms with E-state index in [1.807, 2.05) is 0 Å². The summed E-state index contributed by atoms with van der Waals surface area (Å²) in [4.78, 5) is 3.70. The Morgan fingerprint density at radius 2 is 1.67 bits per heavy atom. The van der Waals surface area contributed by atoms with Crippen LogP contribution in [0.5, 0.6) is 0 Å². The summed E-state index contributed by atoms with van der Waals surface area (Å²) in [6.07, 6.45) is -3.20. The van der Waals surface area contributed by atoms with E-state index in [1.54, 1.807) is 20.8 Å². The molecule has 0 atom stereocenters. The lowest BCUT2D eigenvalue weighted by molar-refractivity contribution is -0.138. The van der Waals surface area contributed by atoms with E-state index in [1.165, 1.54) is 6.20 Å². The summed E-state index contributed by atoms with van der Waals surface area (Å²) in [5.74, 6) is -0.115. The van der Waals surface area contributed by atoms with Gasteiger partial charge in [-0.2, -0.15) is 13.2 Å². The summed E-state index contributed by atoms with van der Waals surface area (Å²) in [7, 11) is 0. The normalized spacial score (nSPS) is 12.9. The SMILES string of the molecule is CC(C)(C)c1cnc(N)cc1C(F)(F)F. The van der Waals surface area contributed by atoms with Crippen LogP contribution < -0.4 is 5.73 Å². The molecule has 0 spiro atoms. The van der Waals surface area contributed by atoms with Crippen LogP contribution in [-0.4, -0.2) is 4.98 Å². The lowest BCUT2D eigenvalue weighted by Crippen LogP contribution is -2.20. The molecular formula is C10H13F3N2. The van der Waals surface area contributed by atoms with Crippen molar-refractivity contribution in [2.75, 3.05) is 5.73 Å². The zero-order valence-electron chi connectivity index (χ0n) is 8.81. The molecule has 1 heterocycles. The summed E-state index contributed by atoms with van der Waals surface area (Å²) < 4.78 is 38.0. The van der Waals surface area contributed by atoms with E-state index in [0.29, 0.717) is 0 Å². The van der Waals surface area contributed by atoms with Crippen molar-refractivity contribution in [2.24, 2.45) is 0 Å². The zero-order chi connectivity index (χ0) is 11.9. The molecule has 0 aliphatic carbocycles. The summed E-state index contributed by atoms with van der Waals surface area (Å²) >= 11 is 0. The van der Waals surface area contributed by atoms with Crippen LogP contribution in [0.1, 0.15) is 31.9 Å². The van der Waals surface area contributed by atoms with Crippen LogP contribution in [0.15, 0.2) is 12.3 Å². The van der Waals surface area contributed by atoms with Gasteiger partial charge < -0.3 is 5.73 Å². The highest BCUT2D eigenvalue weighted by Crippen LogP contribution is 2.37. The Labute approximate surface area is 86.3 Å². The number of nitrogens with two attached hydrogens (primary N) is 1. The van der Waals surface area contributed by atoms with E-state index in [2.05, 4.69) is 4.98 Å². The number of halogens is 3. The number of nitrogens with zero attached hydrogens (tertiary/aromatic N) is 1. The molecule has 0 aliphatic rings. The van der Waals surface area contributed by atoms with Crippen molar-refractivity contribution < 1.29 is 13.2 Å². The van der Waals surface area contributed by atoms with Gasteiger partial charge in [0.25, 0.3) is 0 Å². The number of rotatable bonds is 0. The van der Waals surface area contributed by atoms with Crippen LogP contribution in [0, 0.1) is 0 Å². The minimum atomic E-state index is -4.39. The molecule has 0 amide bonds. The predicted octanol–water partition coefficient (Wildman–Crippen LogP) is 2.98. The Bertz CT molecular complexity index is 364. The third-order valence-electron chi connectivity index (χ3n) is 2.04. The van der Waals surface area contributed by atoms with E-state index < -0.39 is 17.2 Å². The highest BCUT2D eigenvalue weighted by atomic mass is 19.4. The molecule has 2 nitrogen and oxygen atoms in total. The van der Waals surface area contributed by atoms with Gasteiger partial charge in [0.05, 0.1) is 5.56 Å². The van der Waals surface area contributed by atoms with E-state index in [9.17, 15) is 13.2 Å². The van der Waals surface area contributed by atoms with Crippen LogP contribution in [0.3, 0.4) is 0 Å². The maximum atomic E-state index is 12.7. The molecule has 0 saturated carbocycles. The lowest BCUT2D eigenvalue weighted by Gasteiger charge is -2.23. The van der Waals surface area contributed by atoms with E-state index >= 15 is 0 Å². The van der Waals surface area contributed by atoms with Gasteiger partial charge in [-0.1, -0.05) is 20.8 Å². The van der Waals surface area contributed by atoms with Gasteiger partial charge in [-0.05, 0) is 17.0 Å². The van der Waals surface area contributed by atoms with Gasteiger partial charge in [0.2, 0.25) is 0 Å². The summed E-state index contributed by atoms with van der Waals surface area (Å²) in [6, 6.07) is 0.876. The number of hydrogen-bond donors (Lipinski definition) is 1. The quantitative estimate of drug-likeness (QED) is 0.727. The average Bonchev–Trinajstić information content (AvgIpc) is 2.00. The zero-order valence-corrected chi connectivity index (χ0v) is 8.81. The molecule has 1 aromatic heterocycles. The number of alkyl halides is 3. The first-order valence-corrected chi connectivity index (χ1v) is 4.45. The molecular weight excluding hydrogens is 205 g/mol. The molecule has 84 valence electrons. The third-order valence-corrected chi connectivity index (χ3v) is 2.04. The number of nitrogen functional groups attached to an aromatic ring is 1. The van der Waals surface area contributed by atoms with Gasteiger partial charge in [-0.15, -0.1) is 0 Å². The van der Waals surface area contributed by atoms with Crippen LogP contribution >= 0.6 is 0 Å². The minimum Gasteiger partial charge on any atom is -0.384 e. The third kappa shape index (κ3) is 2.61. The molecule has 1 aromatic rings. The average molecular weight is 218 g/mol. The van der Waals surface area contributed by atoms with E-state index in [4.69, 9.17) is 5.73 Å². The fourth-order valence-corrected chi connectivity index (χ4v) is 1.30. The first-order chi connectivity index (χ1) is 6.62. The van der Waals surface area contributed by atoms with Crippen LogP contribution in [0.2, 0.25) is 0 Å². The molecule has 0 unspecified atom stereocenters. The smallest absolute Gasteiger partial charge is 0.384 e. The van der Waals surface area contributed by atoms with Gasteiger partial charge in [0.1, 0.15) is 5.82 Å². The Balaban J connectivity index is 3.41. The van der Waals surface area contributed by atoms with Crippen molar-refractivity contribution >= 4 is 5.82 Å². The second kappa shape index (κ2) is 3.40. The Kier molecular flexibility index (Phi) is 2.67. The van der Waals surface area contributed by atoms with Gasteiger partial charge in [-0.3, -0.25) is 0 Å². The van der Waals surface area contributed by atoms with Gasteiger partial charge in [-0.25, -0.2) is 4.98 Å². The summed E-state index contributed by atoms with van der Waals surface area (Å²) in [6.45, 7) is 5.11. The van der Waals surface area contributed by atoms with Gasteiger partial charge in [0, 0.05) is 6.20 Å². The van der Waals surface area contributed by atoms with Crippen LogP contribution in [0.25, 0.3) is 0 Å². The van der Waals surface area contributed by atoms with Gasteiger partial charge in [0.15, 0.2) is 0 Å². The standard InChI is InChI=1S/C10H13F3N2/c1-9(2,3)7-5-15-8(14)4-6(7)10(11,12)13/h4-5H,1-3H3,(H2,14,15). The van der Waals surface area contributed by atoms with Crippen molar-refractivity contribution in [3.05, 3.63) is 23.4 Å². The van der Waals surface area contributed by atoms with Crippen LogP contribution in [-0.2, 0) is 11.6 Å². The maximum Gasteiger partial charge on any atom is 0.416 e. The fourth-order valence-electron chi connectivity index (χ4n) is 1.30. The number of hydrogen-bond acceptors (Lipinski definition) is 2. The molecule has 15 heavy (non-hydrogen) atoms. The number of aromatic nitrogens is 1. The second-order valence-electron chi connectivity index (χ2n) is 4.40. The van der Waals surface area contributed by atoms with Crippen molar-refractivity contribution in [3.63, 3.8) is 0 Å². The number of pyridine rings is 1. The molecule has 2 N–H and O–H groups in total. The minimum absolute atomic E-state index is 0.115. The Morgan fingerprint density at radius 1 is 1.13 bits per heavy atom. The largest absolute Gasteiger partial charge is 0.416 e. The molecule has 0 bridgehead atoms. The molecule has 0 aromatic carbocycles. The predicted molar refractivity (Wildman–Crippen MR) is 52.4 cm³/mol. The van der Waals surface area contributed by atoms with Gasteiger partial charge >= 0.3 is 6.18 Å². The number of anilines is 1. The van der Waals surface area contributed by atoms with Crippen molar-refractivity contribution in [1.29, 1.82) is 0 Å². The molecule has 0 aliphatic heterocycles. The Hall–Kier alpha value is -1.26. The molecule has 0 saturated heterocycles. The maximum absolute atomic E-state index is 12.7. The molecule has 0 radical (unpaired) electrons. The summed E-state index contributed by atoms with van der Waals surface area (Å²) in [5, 5.41) is 0. The van der Waals surface area contributed by atoms with E-state index in [-0.39, 0.29) is 11.4 Å². The molecule has 1 rings (SSSR count). The molecule has 0 fully saturated rings. The Morgan fingerprint density at radius 3 is 2.07 bits per heavy atom. The van der Waals surface area contributed by atoms with Crippen molar-refractivity contribution in [3.8, 4) is 0 Å². The first kappa shape index (κ1) is 11.8. The van der Waals surface area contributed by atoms with Crippen molar-refractivity contribution in [1.82, 2.24) is 4.98 Å². The lowest BCUT2D eigenvalue weighted by atomic mass is 9.85. The fraction of sp³-hybridized carbons (Fsp3) is 0.500. The molecule has 5 heteroatoms. The van der Waals surface area contributed by atoms with E-state index in [0.717, 1.165) is 6.07 Å². The highest BCUT2D eigenvalue weighted by Gasteiger charge is 2.36.